The molecular formula is C23H23N7O2. The zero-order valence-corrected chi connectivity index (χ0v) is 17.6. The molecular weight excluding hydrogens is 406 g/mol. The van der Waals surface area contributed by atoms with E-state index in [9.17, 15) is 4.79 Å². The molecule has 9 nitrogen and oxygen atoms in total. The number of ether oxygens (including phenoxy) is 1. The molecule has 1 saturated heterocycles. The number of benzene rings is 1. The Labute approximate surface area is 184 Å². The van der Waals surface area contributed by atoms with Gasteiger partial charge in [0.2, 0.25) is 5.95 Å². The van der Waals surface area contributed by atoms with Gasteiger partial charge in [0.25, 0.3) is 5.56 Å². The van der Waals surface area contributed by atoms with Gasteiger partial charge >= 0.3 is 0 Å². The van der Waals surface area contributed by atoms with Crippen LogP contribution in [0.3, 0.4) is 0 Å². The summed E-state index contributed by atoms with van der Waals surface area (Å²) in [7, 11) is 0. The third kappa shape index (κ3) is 3.85. The van der Waals surface area contributed by atoms with Crippen LogP contribution in [0.5, 0.6) is 0 Å². The number of nitrogens with zero attached hydrogens (tertiary/aromatic N) is 4. The van der Waals surface area contributed by atoms with Gasteiger partial charge in [0.1, 0.15) is 5.82 Å². The van der Waals surface area contributed by atoms with E-state index in [0.29, 0.717) is 16.9 Å². The average Bonchev–Trinajstić information content (AvgIpc) is 2.80. The number of fused-ring (bicyclic) bond motifs is 1. The molecule has 4 N–H and O–H groups in total. The normalized spacial score (nSPS) is 14.0. The highest BCUT2D eigenvalue weighted by Gasteiger charge is 2.15. The predicted octanol–water partition coefficient (Wildman–Crippen LogP) is 2.85. The number of nitrogen functional groups attached to an aromatic ring is 1. The van der Waals surface area contributed by atoms with Crippen molar-refractivity contribution in [2.75, 3.05) is 42.3 Å². The molecule has 0 amide bonds. The number of nitrogens with two attached hydrogens (primary N) is 1. The van der Waals surface area contributed by atoms with Gasteiger partial charge in [0.05, 0.1) is 30.0 Å². The minimum atomic E-state index is -0.209. The number of nitrogens with one attached hydrogen (secondary N) is 2. The third-order valence-corrected chi connectivity index (χ3v) is 5.53. The number of anilines is 4. The van der Waals surface area contributed by atoms with Crippen molar-refractivity contribution < 1.29 is 4.74 Å². The van der Waals surface area contributed by atoms with Crippen LogP contribution in [0.2, 0.25) is 0 Å². The van der Waals surface area contributed by atoms with Crippen LogP contribution in [0.25, 0.3) is 22.0 Å². The van der Waals surface area contributed by atoms with Crippen LogP contribution in [-0.2, 0) is 4.74 Å². The number of morpholine rings is 1. The molecule has 5 rings (SSSR count). The minimum Gasteiger partial charge on any atom is -0.378 e. The predicted molar refractivity (Wildman–Crippen MR) is 125 cm³/mol. The Morgan fingerprint density at radius 1 is 1.12 bits per heavy atom. The molecule has 0 radical (unpaired) electrons. The van der Waals surface area contributed by atoms with Gasteiger partial charge in [-0.25, -0.2) is 15.0 Å². The summed E-state index contributed by atoms with van der Waals surface area (Å²) < 4.78 is 5.43. The lowest BCUT2D eigenvalue weighted by Gasteiger charge is -2.28. The Morgan fingerprint density at radius 3 is 2.66 bits per heavy atom. The van der Waals surface area contributed by atoms with Crippen LogP contribution in [-0.4, -0.2) is 46.2 Å². The molecule has 0 unspecified atom stereocenters. The van der Waals surface area contributed by atoms with Crippen LogP contribution in [0.4, 0.5) is 23.1 Å². The van der Waals surface area contributed by atoms with Crippen molar-refractivity contribution in [3.8, 4) is 11.3 Å². The average molecular weight is 429 g/mol. The van der Waals surface area contributed by atoms with Gasteiger partial charge in [-0.05, 0) is 48.7 Å². The van der Waals surface area contributed by atoms with E-state index in [4.69, 9.17) is 15.5 Å². The zero-order chi connectivity index (χ0) is 22.1. The van der Waals surface area contributed by atoms with E-state index in [1.54, 1.807) is 12.4 Å². The Balaban J connectivity index is 1.54. The van der Waals surface area contributed by atoms with E-state index in [2.05, 4.69) is 37.3 Å². The van der Waals surface area contributed by atoms with E-state index in [0.717, 1.165) is 54.3 Å². The monoisotopic (exact) mass is 429 g/mol. The van der Waals surface area contributed by atoms with E-state index in [1.807, 2.05) is 31.2 Å². The minimum absolute atomic E-state index is 0.209. The van der Waals surface area contributed by atoms with Crippen molar-refractivity contribution in [1.82, 2.24) is 19.9 Å². The number of aryl methyl sites for hydroxylation is 1. The fourth-order valence-electron chi connectivity index (χ4n) is 3.89. The van der Waals surface area contributed by atoms with Crippen molar-refractivity contribution in [2.45, 2.75) is 6.92 Å². The topological polar surface area (TPSA) is 122 Å². The Bertz CT molecular complexity index is 1330. The summed E-state index contributed by atoms with van der Waals surface area (Å²) in [6.45, 7) is 5.08. The maximum Gasteiger partial charge on any atom is 0.259 e. The number of aromatic amines is 1. The molecule has 1 aromatic carbocycles. The number of rotatable bonds is 4. The van der Waals surface area contributed by atoms with E-state index < -0.39 is 0 Å². The van der Waals surface area contributed by atoms with Gasteiger partial charge in [-0.3, -0.25) is 4.79 Å². The molecule has 3 aromatic heterocycles. The Hall–Kier alpha value is -3.98. The molecule has 4 aromatic rings. The van der Waals surface area contributed by atoms with Gasteiger partial charge in [-0.2, -0.15) is 0 Å². The molecule has 0 spiro atoms. The van der Waals surface area contributed by atoms with Gasteiger partial charge in [-0.1, -0.05) is 0 Å². The maximum absolute atomic E-state index is 12.6. The number of H-pyrrole nitrogens is 1. The summed E-state index contributed by atoms with van der Waals surface area (Å²) in [6, 6.07) is 11.8. The van der Waals surface area contributed by atoms with Crippen LogP contribution >= 0.6 is 0 Å². The third-order valence-electron chi connectivity index (χ3n) is 5.53. The lowest BCUT2D eigenvalue weighted by molar-refractivity contribution is 0.122. The zero-order valence-electron chi connectivity index (χ0n) is 17.6. The quantitative estimate of drug-likeness (QED) is 0.453. The van der Waals surface area contributed by atoms with E-state index in [-0.39, 0.29) is 11.5 Å². The molecule has 1 aliphatic rings. The molecule has 0 atom stereocenters. The van der Waals surface area contributed by atoms with Crippen molar-refractivity contribution in [1.29, 1.82) is 0 Å². The van der Waals surface area contributed by atoms with E-state index >= 15 is 0 Å². The molecule has 162 valence electrons. The summed E-state index contributed by atoms with van der Waals surface area (Å²) >= 11 is 0. The number of aromatic nitrogens is 4. The van der Waals surface area contributed by atoms with Crippen LogP contribution in [0.1, 0.15) is 5.69 Å². The van der Waals surface area contributed by atoms with Gasteiger partial charge in [-0.15, -0.1) is 0 Å². The molecule has 9 heteroatoms. The van der Waals surface area contributed by atoms with Crippen molar-refractivity contribution >= 4 is 33.9 Å². The Kier molecular flexibility index (Phi) is 5.16. The fourth-order valence-corrected chi connectivity index (χ4v) is 3.89. The lowest BCUT2D eigenvalue weighted by atomic mass is 10.1. The standard InChI is InChI=1S/C23H23N7O2/c1-14-18(13-26-23(24)27-14)19-12-15-6-7-25-22(31)20(15)21(29-19)28-16-2-4-17(5-3-16)30-8-10-32-11-9-30/h2-7,12-13H,8-11H2,1H3,(H,25,31)(H,28,29)(H2,24,26,27). The summed E-state index contributed by atoms with van der Waals surface area (Å²) in [5.74, 6) is 0.678. The second-order valence-electron chi connectivity index (χ2n) is 7.63. The fraction of sp³-hybridized carbons (Fsp3) is 0.217. The second-order valence-corrected chi connectivity index (χ2v) is 7.63. The SMILES string of the molecule is Cc1nc(N)ncc1-c1cc2cc[nH]c(=O)c2c(Nc2ccc(N3CCOCC3)cc2)n1. The first kappa shape index (κ1) is 20.0. The highest BCUT2D eigenvalue weighted by atomic mass is 16.5. The van der Waals surface area contributed by atoms with Crippen molar-refractivity contribution in [2.24, 2.45) is 0 Å². The Morgan fingerprint density at radius 2 is 1.91 bits per heavy atom. The number of hydrogen-bond acceptors (Lipinski definition) is 8. The molecule has 0 aliphatic carbocycles. The maximum atomic E-state index is 12.6. The first-order valence-corrected chi connectivity index (χ1v) is 10.4. The number of pyridine rings is 2. The summed E-state index contributed by atoms with van der Waals surface area (Å²) in [6.07, 6.45) is 3.28. The van der Waals surface area contributed by atoms with Crippen LogP contribution in [0, 0.1) is 6.92 Å². The summed E-state index contributed by atoms with van der Waals surface area (Å²) in [4.78, 5) is 30.7. The molecule has 0 saturated carbocycles. The molecule has 1 aliphatic heterocycles. The first-order valence-electron chi connectivity index (χ1n) is 10.4. The highest BCUT2D eigenvalue weighted by molar-refractivity contribution is 5.95. The molecule has 32 heavy (non-hydrogen) atoms. The van der Waals surface area contributed by atoms with Crippen LogP contribution in [0.15, 0.2) is 53.6 Å². The number of hydrogen-bond donors (Lipinski definition) is 3. The van der Waals surface area contributed by atoms with Crippen molar-refractivity contribution in [3.05, 3.63) is 64.8 Å². The molecule has 1 fully saturated rings. The smallest absolute Gasteiger partial charge is 0.259 e. The molecule has 0 bridgehead atoms. The molecule has 4 heterocycles. The van der Waals surface area contributed by atoms with Crippen LogP contribution < -0.4 is 21.5 Å². The lowest BCUT2D eigenvalue weighted by Crippen LogP contribution is -2.36. The largest absolute Gasteiger partial charge is 0.378 e. The van der Waals surface area contributed by atoms with Gasteiger partial charge in [0, 0.05) is 42.4 Å². The first-order chi connectivity index (χ1) is 15.6. The van der Waals surface area contributed by atoms with E-state index in [1.165, 1.54) is 0 Å². The highest BCUT2D eigenvalue weighted by Crippen LogP contribution is 2.29. The van der Waals surface area contributed by atoms with Crippen molar-refractivity contribution in [3.63, 3.8) is 0 Å². The second kappa shape index (κ2) is 8.27. The van der Waals surface area contributed by atoms with Gasteiger partial charge < -0.3 is 25.7 Å². The van der Waals surface area contributed by atoms with Gasteiger partial charge in [0.15, 0.2) is 0 Å². The summed E-state index contributed by atoms with van der Waals surface area (Å²) in [5, 5.41) is 4.57. The summed E-state index contributed by atoms with van der Waals surface area (Å²) in [5.41, 5.74) is 9.60.